The molecule has 1 atom stereocenters. The SMILES string of the molecule is CCCCNC(=O)[C@@H](C)N(Cc1ccc(Cl)cc1)C(=O)CN(c1cccc(Br)c1)S(=O)(=O)c1ccccc1. The minimum absolute atomic E-state index is 0.0578. The average Bonchev–Trinajstić information content (AvgIpc) is 2.91. The van der Waals surface area contributed by atoms with Gasteiger partial charge in [0.2, 0.25) is 11.8 Å². The number of amides is 2. The van der Waals surface area contributed by atoms with Crippen molar-refractivity contribution in [3.63, 3.8) is 0 Å². The molecule has 38 heavy (non-hydrogen) atoms. The van der Waals surface area contributed by atoms with Crippen LogP contribution in [0.25, 0.3) is 0 Å². The highest BCUT2D eigenvalue weighted by molar-refractivity contribution is 9.10. The van der Waals surface area contributed by atoms with Gasteiger partial charge >= 0.3 is 0 Å². The van der Waals surface area contributed by atoms with Crippen LogP contribution in [-0.2, 0) is 26.2 Å². The first kappa shape index (κ1) is 29.7. The van der Waals surface area contributed by atoms with Crippen molar-refractivity contribution in [2.75, 3.05) is 17.4 Å². The Balaban J connectivity index is 1.98. The van der Waals surface area contributed by atoms with E-state index in [9.17, 15) is 18.0 Å². The van der Waals surface area contributed by atoms with E-state index in [1.165, 1.54) is 17.0 Å². The Bertz CT molecular complexity index is 1340. The van der Waals surface area contributed by atoms with E-state index in [1.54, 1.807) is 73.7 Å². The molecule has 202 valence electrons. The number of unbranched alkanes of at least 4 members (excludes halogenated alkanes) is 1. The third-order valence-electron chi connectivity index (χ3n) is 5.97. The molecule has 0 spiro atoms. The fourth-order valence-electron chi connectivity index (χ4n) is 3.78. The summed E-state index contributed by atoms with van der Waals surface area (Å²) in [6.07, 6.45) is 1.73. The number of anilines is 1. The summed E-state index contributed by atoms with van der Waals surface area (Å²) >= 11 is 9.42. The van der Waals surface area contributed by atoms with E-state index in [-0.39, 0.29) is 17.3 Å². The number of halogens is 2. The molecule has 0 aliphatic rings. The smallest absolute Gasteiger partial charge is 0.264 e. The maximum Gasteiger partial charge on any atom is 0.264 e. The molecular weight excluding hydrogens is 590 g/mol. The number of hydrogen-bond donors (Lipinski definition) is 1. The molecule has 0 aromatic heterocycles. The molecule has 3 rings (SSSR count). The van der Waals surface area contributed by atoms with Crippen molar-refractivity contribution in [3.8, 4) is 0 Å². The fourth-order valence-corrected chi connectivity index (χ4v) is 5.73. The van der Waals surface area contributed by atoms with E-state index in [1.807, 2.05) is 6.92 Å². The van der Waals surface area contributed by atoms with Crippen LogP contribution in [0.3, 0.4) is 0 Å². The Morgan fingerprint density at radius 1 is 1.00 bits per heavy atom. The van der Waals surface area contributed by atoms with Gasteiger partial charge in [-0.05, 0) is 61.4 Å². The summed E-state index contributed by atoms with van der Waals surface area (Å²) in [5, 5.41) is 3.42. The third-order valence-corrected chi connectivity index (χ3v) is 8.50. The molecule has 0 aliphatic carbocycles. The second kappa shape index (κ2) is 13.8. The Kier molecular flexibility index (Phi) is 10.8. The first-order valence-corrected chi connectivity index (χ1v) is 14.9. The molecule has 10 heteroatoms. The standard InChI is InChI=1S/C28H31BrClN3O4S/c1-3-4-17-31-28(35)21(2)32(19-22-13-15-24(30)16-14-22)27(34)20-33(25-10-8-9-23(29)18-25)38(36,37)26-11-6-5-7-12-26/h5-16,18,21H,3-4,17,19-20H2,1-2H3,(H,31,35)/t21-/m1/s1. The van der Waals surface area contributed by atoms with Crippen molar-refractivity contribution in [2.45, 2.75) is 44.2 Å². The van der Waals surface area contributed by atoms with Crippen LogP contribution >= 0.6 is 27.5 Å². The lowest BCUT2D eigenvalue weighted by atomic mass is 10.1. The number of carbonyl (C=O) groups is 2. The molecule has 0 heterocycles. The largest absolute Gasteiger partial charge is 0.354 e. The van der Waals surface area contributed by atoms with Gasteiger partial charge < -0.3 is 10.2 Å². The molecule has 1 N–H and O–H groups in total. The second-order valence-electron chi connectivity index (χ2n) is 8.77. The zero-order chi connectivity index (χ0) is 27.7. The summed E-state index contributed by atoms with van der Waals surface area (Å²) in [5.74, 6) is -0.821. The number of rotatable bonds is 12. The number of benzene rings is 3. The maximum absolute atomic E-state index is 13.8. The third kappa shape index (κ3) is 7.82. The molecule has 0 saturated heterocycles. The molecule has 7 nitrogen and oxygen atoms in total. The number of carbonyl (C=O) groups excluding carboxylic acids is 2. The van der Waals surface area contributed by atoms with Crippen molar-refractivity contribution in [3.05, 3.63) is 93.9 Å². The van der Waals surface area contributed by atoms with Gasteiger partial charge in [-0.3, -0.25) is 13.9 Å². The lowest BCUT2D eigenvalue weighted by Crippen LogP contribution is -2.51. The normalized spacial score (nSPS) is 12.0. The number of nitrogens with zero attached hydrogens (tertiary/aromatic N) is 2. The quantitative estimate of drug-likeness (QED) is 0.266. The van der Waals surface area contributed by atoms with E-state index in [2.05, 4.69) is 21.2 Å². The minimum atomic E-state index is -4.09. The predicted octanol–water partition coefficient (Wildman–Crippen LogP) is 5.63. The van der Waals surface area contributed by atoms with Crippen LogP contribution in [-0.4, -0.2) is 44.3 Å². The van der Waals surface area contributed by atoms with Gasteiger partial charge in [0.25, 0.3) is 10.0 Å². The average molecular weight is 621 g/mol. The second-order valence-corrected chi connectivity index (χ2v) is 12.0. The highest BCUT2D eigenvalue weighted by Gasteiger charge is 2.32. The summed E-state index contributed by atoms with van der Waals surface area (Å²) in [4.78, 5) is 28.3. The zero-order valence-corrected chi connectivity index (χ0v) is 24.5. The van der Waals surface area contributed by atoms with Crippen molar-refractivity contribution in [1.82, 2.24) is 10.2 Å². The van der Waals surface area contributed by atoms with Crippen LogP contribution in [0.4, 0.5) is 5.69 Å². The molecule has 3 aromatic rings. The molecule has 0 bridgehead atoms. The van der Waals surface area contributed by atoms with Crippen LogP contribution in [0, 0.1) is 0 Å². The first-order valence-electron chi connectivity index (χ1n) is 12.3. The summed E-state index contributed by atoms with van der Waals surface area (Å²) in [6.45, 7) is 3.78. The summed E-state index contributed by atoms with van der Waals surface area (Å²) in [5.41, 5.74) is 1.08. The van der Waals surface area contributed by atoms with Gasteiger partial charge in [0.05, 0.1) is 10.6 Å². The van der Waals surface area contributed by atoms with E-state index in [0.29, 0.717) is 21.7 Å². The van der Waals surface area contributed by atoms with Crippen LogP contribution in [0.1, 0.15) is 32.3 Å². The molecule has 0 fully saturated rings. The predicted molar refractivity (Wildman–Crippen MR) is 154 cm³/mol. The Morgan fingerprint density at radius 3 is 2.32 bits per heavy atom. The van der Waals surface area contributed by atoms with Crippen molar-refractivity contribution < 1.29 is 18.0 Å². The van der Waals surface area contributed by atoms with Gasteiger partial charge in [-0.1, -0.05) is 77.3 Å². The van der Waals surface area contributed by atoms with E-state index < -0.39 is 28.5 Å². The Labute approximate surface area is 238 Å². The minimum Gasteiger partial charge on any atom is -0.354 e. The van der Waals surface area contributed by atoms with Gasteiger partial charge in [-0.2, -0.15) is 0 Å². The van der Waals surface area contributed by atoms with Gasteiger partial charge in [-0.15, -0.1) is 0 Å². The number of sulfonamides is 1. The van der Waals surface area contributed by atoms with Crippen LogP contribution < -0.4 is 9.62 Å². The van der Waals surface area contributed by atoms with Crippen LogP contribution in [0.2, 0.25) is 5.02 Å². The van der Waals surface area contributed by atoms with Gasteiger partial charge in [-0.25, -0.2) is 8.42 Å². The lowest BCUT2D eigenvalue weighted by Gasteiger charge is -2.32. The number of hydrogen-bond acceptors (Lipinski definition) is 4. The molecule has 3 aromatic carbocycles. The first-order chi connectivity index (χ1) is 18.1. The van der Waals surface area contributed by atoms with Gasteiger partial charge in [0.15, 0.2) is 0 Å². The number of nitrogens with one attached hydrogen (secondary N) is 1. The molecule has 2 amide bonds. The monoisotopic (exact) mass is 619 g/mol. The van der Waals surface area contributed by atoms with E-state index in [0.717, 1.165) is 22.7 Å². The van der Waals surface area contributed by atoms with Crippen LogP contribution in [0.5, 0.6) is 0 Å². The zero-order valence-electron chi connectivity index (χ0n) is 21.3. The summed E-state index contributed by atoms with van der Waals surface area (Å²) in [6, 6.07) is 20.8. The van der Waals surface area contributed by atoms with Crippen molar-refractivity contribution >= 4 is 55.1 Å². The molecular formula is C28H31BrClN3O4S. The molecule has 0 aliphatic heterocycles. The van der Waals surface area contributed by atoms with Gasteiger partial charge in [0, 0.05) is 22.6 Å². The maximum atomic E-state index is 13.8. The molecule has 0 radical (unpaired) electrons. The van der Waals surface area contributed by atoms with Gasteiger partial charge in [0.1, 0.15) is 12.6 Å². The van der Waals surface area contributed by atoms with E-state index >= 15 is 0 Å². The van der Waals surface area contributed by atoms with Crippen LogP contribution in [0.15, 0.2) is 88.2 Å². The molecule has 0 unspecified atom stereocenters. The Hall–Kier alpha value is -2.88. The summed E-state index contributed by atoms with van der Waals surface area (Å²) in [7, 11) is -4.09. The lowest BCUT2D eigenvalue weighted by molar-refractivity contribution is -0.139. The van der Waals surface area contributed by atoms with E-state index in [4.69, 9.17) is 11.6 Å². The van der Waals surface area contributed by atoms with Crippen molar-refractivity contribution in [1.29, 1.82) is 0 Å². The van der Waals surface area contributed by atoms with Crippen molar-refractivity contribution in [2.24, 2.45) is 0 Å². The highest BCUT2D eigenvalue weighted by atomic mass is 79.9. The topological polar surface area (TPSA) is 86.8 Å². The highest BCUT2D eigenvalue weighted by Crippen LogP contribution is 2.27. The molecule has 0 saturated carbocycles. The fraction of sp³-hybridized carbons (Fsp3) is 0.286. The summed E-state index contributed by atoms with van der Waals surface area (Å²) < 4.78 is 29.2. The Morgan fingerprint density at radius 2 is 1.68 bits per heavy atom.